The molecule has 1 fully saturated rings. The molecule has 2 heterocycles. The van der Waals surface area contributed by atoms with Crippen molar-refractivity contribution in [1.29, 1.82) is 0 Å². The SMILES string of the molecule is CC(=O)N1CCC(Oc2ccc(C[C@H](NC(=O)OCC3c4ccccc4-c4ccccc43)C(=O)O)cn2)CC1. The summed E-state index contributed by atoms with van der Waals surface area (Å²) in [6.07, 6.45) is 2.25. The number of nitrogens with one attached hydrogen (secondary N) is 1. The number of amides is 2. The Morgan fingerprint density at radius 2 is 1.64 bits per heavy atom. The van der Waals surface area contributed by atoms with Gasteiger partial charge in [-0.1, -0.05) is 54.6 Å². The van der Waals surface area contributed by atoms with Crippen LogP contribution in [-0.4, -0.2) is 64.8 Å². The number of pyridine rings is 1. The Hall–Kier alpha value is -4.40. The summed E-state index contributed by atoms with van der Waals surface area (Å²) in [5.74, 6) is -0.772. The molecule has 9 nitrogen and oxygen atoms in total. The molecule has 1 saturated heterocycles. The topological polar surface area (TPSA) is 118 Å². The normalized spacial score (nSPS) is 15.7. The summed E-state index contributed by atoms with van der Waals surface area (Å²) in [7, 11) is 0. The van der Waals surface area contributed by atoms with Gasteiger partial charge in [0.05, 0.1) is 0 Å². The van der Waals surface area contributed by atoms with E-state index in [0.29, 0.717) is 24.5 Å². The van der Waals surface area contributed by atoms with Crippen LogP contribution in [0.25, 0.3) is 11.1 Å². The second-order valence-electron chi connectivity index (χ2n) is 9.89. The van der Waals surface area contributed by atoms with Crippen molar-refractivity contribution in [3.63, 3.8) is 0 Å². The van der Waals surface area contributed by atoms with Crippen LogP contribution in [0, 0.1) is 0 Å². The fourth-order valence-electron chi connectivity index (χ4n) is 5.28. The zero-order valence-corrected chi connectivity index (χ0v) is 21.7. The van der Waals surface area contributed by atoms with Crippen LogP contribution in [0.1, 0.15) is 42.4 Å². The van der Waals surface area contributed by atoms with Crippen LogP contribution in [0.15, 0.2) is 66.9 Å². The maximum absolute atomic E-state index is 12.6. The van der Waals surface area contributed by atoms with Crippen molar-refractivity contribution in [3.05, 3.63) is 83.6 Å². The summed E-state index contributed by atoms with van der Waals surface area (Å²) < 4.78 is 11.4. The molecule has 2 amide bonds. The van der Waals surface area contributed by atoms with E-state index in [4.69, 9.17) is 9.47 Å². The molecule has 5 rings (SSSR count). The standard InChI is InChI=1S/C30H31N3O6/c1-19(34)33-14-12-21(13-15-33)39-28-11-10-20(17-31-28)16-27(29(35)36)32-30(37)38-18-26-24-8-4-2-6-22(24)23-7-3-5-9-25(23)26/h2-11,17,21,26-27H,12-16,18H2,1H3,(H,32,37)(H,35,36)/t27-/m0/s1. The van der Waals surface area contributed by atoms with E-state index in [1.165, 1.54) is 0 Å². The van der Waals surface area contributed by atoms with Gasteiger partial charge in [0.1, 0.15) is 18.8 Å². The maximum Gasteiger partial charge on any atom is 0.407 e. The Labute approximate surface area is 226 Å². The quantitative estimate of drug-likeness (QED) is 0.453. The largest absolute Gasteiger partial charge is 0.480 e. The molecule has 202 valence electrons. The molecule has 0 radical (unpaired) electrons. The molecule has 2 N–H and O–H groups in total. The number of alkyl carbamates (subject to hydrolysis) is 1. The lowest BCUT2D eigenvalue weighted by atomic mass is 9.98. The third-order valence-corrected chi connectivity index (χ3v) is 7.35. The number of hydrogen-bond acceptors (Lipinski definition) is 6. The predicted molar refractivity (Wildman–Crippen MR) is 143 cm³/mol. The molecule has 1 aliphatic heterocycles. The van der Waals surface area contributed by atoms with E-state index in [0.717, 1.165) is 35.1 Å². The number of aliphatic carboxylic acids is 1. The molecule has 1 aliphatic carbocycles. The maximum atomic E-state index is 12.6. The van der Waals surface area contributed by atoms with Gasteiger partial charge in [-0.25, -0.2) is 14.6 Å². The van der Waals surface area contributed by atoms with Crippen molar-refractivity contribution < 1.29 is 29.0 Å². The first-order valence-electron chi connectivity index (χ1n) is 13.1. The van der Waals surface area contributed by atoms with E-state index in [2.05, 4.69) is 22.4 Å². The number of benzene rings is 2. The van der Waals surface area contributed by atoms with Crippen molar-refractivity contribution >= 4 is 18.0 Å². The van der Waals surface area contributed by atoms with E-state index in [-0.39, 0.29) is 31.0 Å². The zero-order valence-electron chi connectivity index (χ0n) is 21.7. The molecule has 0 bridgehead atoms. The van der Waals surface area contributed by atoms with Crippen LogP contribution >= 0.6 is 0 Å². The van der Waals surface area contributed by atoms with Gasteiger partial charge in [-0.15, -0.1) is 0 Å². The third kappa shape index (κ3) is 6.03. The van der Waals surface area contributed by atoms with E-state index in [9.17, 15) is 19.5 Å². The summed E-state index contributed by atoms with van der Waals surface area (Å²) in [5, 5.41) is 12.2. The highest BCUT2D eigenvalue weighted by atomic mass is 16.5. The van der Waals surface area contributed by atoms with Crippen molar-refractivity contribution in [1.82, 2.24) is 15.2 Å². The highest BCUT2D eigenvalue weighted by Gasteiger charge is 2.30. The predicted octanol–water partition coefficient (Wildman–Crippen LogP) is 4.01. The number of likely N-dealkylation sites (tertiary alicyclic amines) is 1. The summed E-state index contributed by atoms with van der Waals surface area (Å²) in [6.45, 7) is 2.97. The van der Waals surface area contributed by atoms with E-state index < -0.39 is 18.1 Å². The molecule has 2 aliphatic rings. The monoisotopic (exact) mass is 529 g/mol. The first-order valence-corrected chi connectivity index (χ1v) is 13.1. The Morgan fingerprint density at radius 1 is 1.00 bits per heavy atom. The number of nitrogens with zero attached hydrogens (tertiary/aromatic N) is 2. The van der Waals surface area contributed by atoms with Crippen molar-refractivity contribution in [2.24, 2.45) is 0 Å². The Kier molecular flexibility index (Phi) is 7.76. The molecule has 1 aromatic heterocycles. The minimum Gasteiger partial charge on any atom is -0.480 e. The van der Waals surface area contributed by atoms with Gasteiger partial charge in [-0.2, -0.15) is 0 Å². The number of carboxylic acids is 1. The molecular weight excluding hydrogens is 498 g/mol. The van der Waals surface area contributed by atoms with E-state index in [1.54, 1.807) is 30.2 Å². The minimum absolute atomic E-state index is 0.0269. The average Bonchev–Trinajstić information content (AvgIpc) is 3.26. The van der Waals surface area contributed by atoms with Crippen LogP contribution < -0.4 is 10.1 Å². The summed E-state index contributed by atoms with van der Waals surface area (Å²) in [6, 6.07) is 18.3. The van der Waals surface area contributed by atoms with Crippen LogP contribution in [0.4, 0.5) is 4.79 Å². The molecule has 3 aromatic rings. The number of carbonyl (C=O) groups is 3. The van der Waals surface area contributed by atoms with Crippen molar-refractivity contribution in [3.8, 4) is 17.0 Å². The molecule has 39 heavy (non-hydrogen) atoms. The number of hydrogen-bond donors (Lipinski definition) is 2. The number of rotatable bonds is 8. The lowest BCUT2D eigenvalue weighted by Gasteiger charge is -2.31. The minimum atomic E-state index is -1.18. The fraction of sp³-hybridized carbons (Fsp3) is 0.333. The van der Waals surface area contributed by atoms with Crippen molar-refractivity contribution in [2.45, 2.75) is 44.2 Å². The Morgan fingerprint density at radius 3 is 2.21 bits per heavy atom. The first-order chi connectivity index (χ1) is 18.9. The molecule has 0 spiro atoms. The number of aromatic nitrogens is 1. The van der Waals surface area contributed by atoms with Gasteiger partial charge in [0.25, 0.3) is 0 Å². The molecule has 0 saturated carbocycles. The summed E-state index contributed by atoms with van der Waals surface area (Å²) in [5.41, 5.74) is 5.04. The van der Waals surface area contributed by atoms with Gasteiger partial charge in [0.15, 0.2) is 0 Å². The number of carbonyl (C=O) groups excluding carboxylic acids is 2. The highest BCUT2D eigenvalue weighted by Crippen LogP contribution is 2.44. The van der Waals surface area contributed by atoms with E-state index >= 15 is 0 Å². The Balaban J connectivity index is 1.14. The van der Waals surface area contributed by atoms with Crippen LogP contribution in [0.5, 0.6) is 5.88 Å². The third-order valence-electron chi connectivity index (χ3n) is 7.35. The lowest BCUT2D eigenvalue weighted by Crippen LogP contribution is -2.43. The van der Waals surface area contributed by atoms with Crippen LogP contribution in [0.3, 0.4) is 0 Å². The lowest BCUT2D eigenvalue weighted by molar-refractivity contribution is -0.139. The van der Waals surface area contributed by atoms with Crippen LogP contribution in [-0.2, 0) is 20.7 Å². The number of ether oxygens (including phenoxy) is 2. The number of piperidine rings is 1. The molecule has 2 aromatic carbocycles. The second-order valence-corrected chi connectivity index (χ2v) is 9.89. The average molecular weight is 530 g/mol. The van der Waals surface area contributed by atoms with Gasteiger partial charge >= 0.3 is 12.1 Å². The Bertz CT molecular complexity index is 1310. The summed E-state index contributed by atoms with van der Waals surface area (Å²) >= 11 is 0. The van der Waals surface area contributed by atoms with E-state index in [1.807, 2.05) is 36.4 Å². The number of fused-ring (bicyclic) bond motifs is 3. The van der Waals surface area contributed by atoms with Gasteiger partial charge in [0, 0.05) is 57.5 Å². The van der Waals surface area contributed by atoms with Gasteiger partial charge in [-0.05, 0) is 27.8 Å². The van der Waals surface area contributed by atoms with Gasteiger partial charge in [0.2, 0.25) is 11.8 Å². The molecule has 9 heteroatoms. The van der Waals surface area contributed by atoms with Crippen LogP contribution in [0.2, 0.25) is 0 Å². The smallest absolute Gasteiger partial charge is 0.407 e. The van der Waals surface area contributed by atoms with Gasteiger partial charge in [-0.3, -0.25) is 4.79 Å². The van der Waals surface area contributed by atoms with Gasteiger partial charge < -0.3 is 24.8 Å². The molecule has 0 unspecified atom stereocenters. The first kappa shape index (κ1) is 26.2. The highest BCUT2D eigenvalue weighted by molar-refractivity contribution is 5.81. The fourth-order valence-corrected chi connectivity index (χ4v) is 5.28. The zero-order chi connectivity index (χ0) is 27.4. The number of carboxylic acid groups (broad SMARTS) is 1. The molecule has 1 atom stereocenters. The molecular formula is C30H31N3O6. The van der Waals surface area contributed by atoms with Crippen molar-refractivity contribution in [2.75, 3.05) is 19.7 Å². The summed E-state index contributed by atoms with van der Waals surface area (Å²) in [4.78, 5) is 42.1. The second kappa shape index (κ2) is 11.6.